The predicted octanol–water partition coefficient (Wildman–Crippen LogP) is 0.565. The molecule has 1 aliphatic rings. The highest BCUT2D eigenvalue weighted by Gasteiger charge is 2.41. The van der Waals surface area contributed by atoms with Gasteiger partial charge in [0.25, 0.3) is 0 Å². The molecule has 1 saturated heterocycles. The maximum absolute atomic E-state index is 12.7. The van der Waals surface area contributed by atoms with Gasteiger partial charge in [0.15, 0.2) is 5.96 Å². The van der Waals surface area contributed by atoms with Crippen molar-refractivity contribution in [2.45, 2.75) is 25.6 Å². The van der Waals surface area contributed by atoms with Crippen LogP contribution in [0.2, 0.25) is 0 Å². The SMILES string of the molecule is CN=C(NCCCS(C)(=O)=O)N1CCN(C(C)C(F)(F)F)CC1. The molecule has 1 aliphatic heterocycles. The van der Waals surface area contributed by atoms with Crippen molar-refractivity contribution >= 4 is 15.8 Å². The molecule has 136 valence electrons. The Morgan fingerprint density at radius 1 is 1.26 bits per heavy atom. The van der Waals surface area contributed by atoms with Crippen molar-refractivity contribution in [3.63, 3.8) is 0 Å². The lowest BCUT2D eigenvalue weighted by Gasteiger charge is -2.39. The molecule has 0 aromatic carbocycles. The lowest BCUT2D eigenvalue weighted by atomic mass is 10.2. The standard InChI is InChI=1S/C13H25F3N4O2S/c1-11(13(14,15)16)19-6-8-20(9-7-19)12(17-2)18-5-4-10-23(3,21)22/h11H,4-10H2,1-3H3,(H,17,18). The van der Waals surface area contributed by atoms with Crippen molar-refractivity contribution in [3.8, 4) is 0 Å². The van der Waals surface area contributed by atoms with E-state index in [0.717, 1.165) is 0 Å². The van der Waals surface area contributed by atoms with Crippen molar-refractivity contribution in [1.82, 2.24) is 15.1 Å². The Hall–Kier alpha value is -1.03. The lowest BCUT2D eigenvalue weighted by molar-refractivity contribution is -0.181. The predicted molar refractivity (Wildman–Crippen MR) is 84.4 cm³/mol. The Bertz CT molecular complexity index is 500. The molecule has 0 aromatic heterocycles. The lowest BCUT2D eigenvalue weighted by Crippen LogP contribution is -2.56. The maximum atomic E-state index is 12.7. The molecule has 0 radical (unpaired) electrons. The molecule has 10 heteroatoms. The monoisotopic (exact) mass is 358 g/mol. The van der Waals surface area contributed by atoms with Crippen LogP contribution in [0.15, 0.2) is 4.99 Å². The summed E-state index contributed by atoms with van der Waals surface area (Å²) in [5, 5.41) is 3.06. The summed E-state index contributed by atoms with van der Waals surface area (Å²) in [6.45, 7) is 3.15. The van der Waals surface area contributed by atoms with Crippen molar-refractivity contribution in [1.29, 1.82) is 0 Å². The van der Waals surface area contributed by atoms with Crippen LogP contribution in [0.5, 0.6) is 0 Å². The summed E-state index contributed by atoms with van der Waals surface area (Å²) < 4.78 is 60.3. The van der Waals surface area contributed by atoms with Gasteiger partial charge in [-0.3, -0.25) is 9.89 Å². The zero-order chi connectivity index (χ0) is 17.7. The third-order valence-corrected chi connectivity index (χ3v) is 4.85. The molecule has 1 heterocycles. The third-order valence-electron chi connectivity index (χ3n) is 3.82. The fourth-order valence-electron chi connectivity index (χ4n) is 2.39. The molecule has 0 saturated carbocycles. The van der Waals surface area contributed by atoms with E-state index in [9.17, 15) is 21.6 Å². The van der Waals surface area contributed by atoms with Crippen LogP contribution in [-0.4, -0.2) is 88.2 Å². The Morgan fingerprint density at radius 2 is 1.83 bits per heavy atom. The minimum absolute atomic E-state index is 0.0911. The van der Waals surface area contributed by atoms with Crippen molar-refractivity contribution in [2.75, 3.05) is 51.8 Å². The van der Waals surface area contributed by atoms with Crippen LogP contribution < -0.4 is 5.32 Å². The molecule has 0 aromatic rings. The molecule has 0 aliphatic carbocycles. The average molecular weight is 358 g/mol. The van der Waals surface area contributed by atoms with Gasteiger partial charge in [0.05, 0.1) is 5.75 Å². The molecule has 0 spiro atoms. The summed E-state index contributed by atoms with van der Waals surface area (Å²) in [6, 6.07) is -1.45. The molecule has 0 amide bonds. The van der Waals surface area contributed by atoms with E-state index in [0.29, 0.717) is 45.1 Å². The normalized spacial score (nSPS) is 19.7. The van der Waals surface area contributed by atoms with Gasteiger partial charge in [-0.15, -0.1) is 0 Å². The Balaban J connectivity index is 2.42. The molecular weight excluding hydrogens is 333 g/mol. The van der Waals surface area contributed by atoms with E-state index in [1.54, 1.807) is 7.05 Å². The van der Waals surface area contributed by atoms with Crippen molar-refractivity contribution < 1.29 is 21.6 Å². The van der Waals surface area contributed by atoms with E-state index in [1.807, 2.05) is 4.90 Å². The average Bonchev–Trinajstić information content (AvgIpc) is 2.45. The fourth-order valence-corrected chi connectivity index (χ4v) is 3.06. The van der Waals surface area contributed by atoms with Gasteiger partial charge >= 0.3 is 6.18 Å². The second kappa shape index (κ2) is 8.18. The second-order valence-electron chi connectivity index (χ2n) is 5.70. The smallest absolute Gasteiger partial charge is 0.356 e. The van der Waals surface area contributed by atoms with E-state index in [1.165, 1.54) is 18.1 Å². The molecule has 6 nitrogen and oxygen atoms in total. The zero-order valence-corrected chi connectivity index (χ0v) is 14.5. The fraction of sp³-hybridized carbons (Fsp3) is 0.923. The summed E-state index contributed by atoms with van der Waals surface area (Å²) >= 11 is 0. The van der Waals surface area contributed by atoms with Gasteiger partial charge in [0.1, 0.15) is 15.9 Å². The summed E-state index contributed by atoms with van der Waals surface area (Å²) in [5.74, 6) is 0.686. The number of nitrogens with one attached hydrogen (secondary N) is 1. The molecule has 0 bridgehead atoms. The van der Waals surface area contributed by atoms with Crippen LogP contribution in [0.4, 0.5) is 13.2 Å². The topological polar surface area (TPSA) is 65.0 Å². The number of aliphatic imine (C=N–C) groups is 1. The number of hydrogen-bond acceptors (Lipinski definition) is 4. The van der Waals surface area contributed by atoms with E-state index < -0.39 is 22.1 Å². The molecule has 1 atom stereocenters. The van der Waals surface area contributed by atoms with Crippen LogP contribution >= 0.6 is 0 Å². The third kappa shape index (κ3) is 6.94. The largest absolute Gasteiger partial charge is 0.403 e. The van der Waals surface area contributed by atoms with E-state index in [2.05, 4.69) is 10.3 Å². The van der Waals surface area contributed by atoms with E-state index >= 15 is 0 Å². The van der Waals surface area contributed by atoms with Gasteiger partial charge in [-0.1, -0.05) is 0 Å². The number of nitrogens with zero attached hydrogens (tertiary/aromatic N) is 3. The van der Waals surface area contributed by atoms with Gasteiger partial charge < -0.3 is 10.2 Å². The number of piperazine rings is 1. The summed E-state index contributed by atoms with van der Waals surface area (Å²) in [7, 11) is -1.39. The van der Waals surface area contributed by atoms with Gasteiger partial charge in [0.2, 0.25) is 0 Å². The quantitative estimate of drug-likeness (QED) is 0.442. The number of guanidine groups is 1. The maximum Gasteiger partial charge on any atom is 0.403 e. The highest BCUT2D eigenvalue weighted by Crippen LogP contribution is 2.25. The Labute approximate surface area is 135 Å². The Kier molecular flexibility index (Phi) is 7.12. The van der Waals surface area contributed by atoms with E-state index in [4.69, 9.17) is 0 Å². The molecule has 1 unspecified atom stereocenters. The Morgan fingerprint density at radius 3 is 2.26 bits per heavy atom. The van der Waals surface area contributed by atoms with Crippen LogP contribution in [0.25, 0.3) is 0 Å². The summed E-state index contributed by atoms with van der Waals surface area (Å²) in [5.41, 5.74) is 0. The first-order valence-electron chi connectivity index (χ1n) is 7.48. The highest BCUT2D eigenvalue weighted by atomic mass is 32.2. The molecule has 1 rings (SSSR count). The van der Waals surface area contributed by atoms with Gasteiger partial charge in [-0.2, -0.15) is 13.2 Å². The number of halogens is 3. The molecule has 23 heavy (non-hydrogen) atoms. The second-order valence-corrected chi connectivity index (χ2v) is 7.96. The highest BCUT2D eigenvalue weighted by molar-refractivity contribution is 7.90. The van der Waals surface area contributed by atoms with Crippen LogP contribution in [0.1, 0.15) is 13.3 Å². The first kappa shape index (κ1) is 20.0. The van der Waals surface area contributed by atoms with Crippen LogP contribution in [-0.2, 0) is 9.84 Å². The number of hydrogen-bond donors (Lipinski definition) is 1. The van der Waals surface area contributed by atoms with Crippen molar-refractivity contribution in [3.05, 3.63) is 0 Å². The summed E-state index contributed by atoms with van der Waals surface area (Å²) in [4.78, 5) is 7.40. The number of alkyl halides is 3. The summed E-state index contributed by atoms with van der Waals surface area (Å²) in [6.07, 6.45) is -2.57. The minimum Gasteiger partial charge on any atom is -0.356 e. The zero-order valence-electron chi connectivity index (χ0n) is 13.7. The number of sulfone groups is 1. The van der Waals surface area contributed by atoms with Crippen LogP contribution in [0.3, 0.4) is 0 Å². The van der Waals surface area contributed by atoms with Gasteiger partial charge in [-0.25, -0.2) is 8.42 Å². The molecular formula is C13H25F3N4O2S. The van der Waals surface area contributed by atoms with Crippen LogP contribution in [0, 0.1) is 0 Å². The molecule has 1 fully saturated rings. The van der Waals surface area contributed by atoms with E-state index in [-0.39, 0.29) is 5.75 Å². The minimum atomic E-state index is -4.21. The molecule has 1 N–H and O–H groups in total. The number of rotatable bonds is 5. The van der Waals surface area contributed by atoms with Gasteiger partial charge in [-0.05, 0) is 13.3 Å². The first-order valence-corrected chi connectivity index (χ1v) is 9.54. The van der Waals surface area contributed by atoms with Crippen molar-refractivity contribution in [2.24, 2.45) is 4.99 Å². The first-order chi connectivity index (χ1) is 10.5. The van der Waals surface area contributed by atoms with Gasteiger partial charge in [0, 0.05) is 46.0 Å².